The van der Waals surface area contributed by atoms with Crippen molar-refractivity contribution >= 4 is 51.8 Å². The zero-order valence-electron chi connectivity index (χ0n) is 34.2. The molecule has 0 radical (unpaired) electrons. The maximum absolute atomic E-state index is 13.4. The molecule has 3 aromatic heterocycles. The van der Waals surface area contributed by atoms with Gasteiger partial charge in [-0.3, -0.25) is 29.4 Å². The molecular formula is C45H51N11O5. The van der Waals surface area contributed by atoms with Crippen LogP contribution in [-0.2, 0) is 29.1 Å². The molecule has 9 rings (SSSR count). The summed E-state index contributed by atoms with van der Waals surface area (Å²) in [5.41, 5.74) is 6.30. The first-order valence-electron chi connectivity index (χ1n) is 21.4. The summed E-state index contributed by atoms with van der Waals surface area (Å²) in [6.07, 6.45) is 9.00. The first kappa shape index (κ1) is 40.0. The van der Waals surface area contributed by atoms with Gasteiger partial charge in [0.05, 0.1) is 18.3 Å². The monoisotopic (exact) mass is 825 g/mol. The van der Waals surface area contributed by atoms with Crippen molar-refractivity contribution in [3.8, 4) is 5.82 Å². The summed E-state index contributed by atoms with van der Waals surface area (Å²) in [5, 5.41) is 20.1. The van der Waals surface area contributed by atoms with E-state index in [0.717, 1.165) is 99.6 Å². The molecule has 16 heteroatoms. The number of nitrogens with one attached hydrogen (secondary N) is 3. The number of amides is 3. The number of nitrogens with zero attached hydrogens (tertiary/aromatic N) is 8. The molecule has 2 unspecified atom stereocenters. The number of piperazine rings is 1. The molecule has 2 saturated heterocycles. The minimum absolute atomic E-state index is 0.153. The number of pyridine rings is 1. The van der Waals surface area contributed by atoms with Crippen LogP contribution in [0.25, 0.3) is 16.9 Å². The molecule has 6 heterocycles. The first-order chi connectivity index (χ1) is 29.7. The highest BCUT2D eigenvalue weighted by Gasteiger charge is 2.40. The molecule has 3 amide bonds. The van der Waals surface area contributed by atoms with Gasteiger partial charge in [0.2, 0.25) is 17.8 Å². The number of hydrogen-bond donors (Lipinski definition) is 4. The number of aliphatic hydroxyl groups excluding tert-OH is 1. The number of rotatable bonds is 15. The molecule has 16 nitrogen and oxygen atoms in total. The summed E-state index contributed by atoms with van der Waals surface area (Å²) < 4.78 is 3.22. The van der Waals surface area contributed by atoms with E-state index in [1.807, 2.05) is 42.5 Å². The van der Waals surface area contributed by atoms with Gasteiger partial charge in [-0.25, -0.2) is 19.3 Å². The summed E-state index contributed by atoms with van der Waals surface area (Å²) in [5.74, 6) is 0.0287. The maximum atomic E-state index is 13.4. The van der Waals surface area contributed by atoms with Crippen LogP contribution >= 0.6 is 0 Å². The largest absolute Gasteiger partial charge is 0.387 e. The van der Waals surface area contributed by atoms with Gasteiger partial charge >= 0.3 is 0 Å². The van der Waals surface area contributed by atoms with Gasteiger partial charge in [-0.15, -0.1) is 6.58 Å². The average molecular weight is 826 g/mol. The van der Waals surface area contributed by atoms with E-state index in [0.29, 0.717) is 53.4 Å². The van der Waals surface area contributed by atoms with Gasteiger partial charge < -0.3 is 25.5 Å². The molecule has 61 heavy (non-hydrogen) atoms. The third-order valence-corrected chi connectivity index (χ3v) is 12.4. The number of benzene rings is 2. The van der Waals surface area contributed by atoms with E-state index < -0.39 is 18.1 Å². The van der Waals surface area contributed by atoms with Crippen molar-refractivity contribution < 1.29 is 19.5 Å². The van der Waals surface area contributed by atoms with Crippen LogP contribution in [0.5, 0.6) is 0 Å². The van der Waals surface area contributed by atoms with Crippen LogP contribution in [0.2, 0.25) is 0 Å². The Bertz CT molecular complexity index is 2540. The number of aryl methyl sites for hydroxylation is 1. The Labute approximate surface area is 353 Å². The lowest BCUT2D eigenvalue weighted by Crippen LogP contribution is -2.52. The van der Waals surface area contributed by atoms with E-state index in [1.165, 1.54) is 4.68 Å². The number of carbonyl (C=O) groups excluding carboxylic acids is 3. The van der Waals surface area contributed by atoms with Gasteiger partial charge in [-0.2, -0.15) is 4.98 Å². The summed E-state index contributed by atoms with van der Waals surface area (Å²) in [6.45, 7) is 10.3. The zero-order valence-corrected chi connectivity index (χ0v) is 34.2. The van der Waals surface area contributed by atoms with Gasteiger partial charge in [0.25, 0.3) is 11.5 Å². The molecule has 0 saturated carbocycles. The van der Waals surface area contributed by atoms with Crippen LogP contribution in [0.1, 0.15) is 78.2 Å². The smallest absolute Gasteiger partial charge is 0.278 e. The Morgan fingerprint density at radius 3 is 2.52 bits per heavy atom. The summed E-state index contributed by atoms with van der Waals surface area (Å²) in [6, 6.07) is 17.1. The van der Waals surface area contributed by atoms with E-state index in [-0.39, 0.29) is 30.3 Å². The lowest BCUT2D eigenvalue weighted by Gasteiger charge is -2.36. The SMILES string of the molecule is C=CCn1c(=O)c2cnc(Nc3ccc(N4CCN(CCCCCCNc5cccc6c5CN(C5CCC(=O)NC5=O)C6=O)CC4)cc3)nc2n1-c1ccc2c(n1)C(O)CC2. The minimum atomic E-state index is -0.628. The van der Waals surface area contributed by atoms with Crippen molar-refractivity contribution in [2.24, 2.45) is 0 Å². The molecule has 5 aromatic rings. The topological polar surface area (TPSA) is 183 Å². The van der Waals surface area contributed by atoms with Crippen molar-refractivity contribution in [3.05, 3.63) is 106 Å². The molecule has 0 bridgehead atoms. The Kier molecular flexibility index (Phi) is 11.4. The van der Waals surface area contributed by atoms with Crippen molar-refractivity contribution in [3.63, 3.8) is 0 Å². The standard InChI is InChI=1S/C45H51N11O5/c1-2-21-55-44(61)33-27-47-45(51-41(33)56(55)38-18-11-29-10-17-37(57)40(29)49-38)48-30-12-14-31(15-13-30)53-25-23-52(24-26-53)22-6-4-3-5-20-46-35-9-7-8-32-34(35)28-54(43(32)60)36-16-19-39(58)50-42(36)59/h2,7-9,11-15,18,27,36-37,46,57H,1,3-6,10,16-17,19-26,28H2,(H,47,48,51)(H,50,58,59). The highest BCUT2D eigenvalue weighted by molar-refractivity contribution is 6.06. The van der Waals surface area contributed by atoms with Crippen molar-refractivity contribution in [2.75, 3.05) is 54.8 Å². The summed E-state index contributed by atoms with van der Waals surface area (Å²) in [4.78, 5) is 71.1. The molecular weight excluding hydrogens is 775 g/mol. The molecule has 316 valence electrons. The van der Waals surface area contributed by atoms with E-state index in [2.05, 4.69) is 49.4 Å². The zero-order chi connectivity index (χ0) is 42.0. The molecule has 1 aliphatic carbocycles. The molecule has 2 aromatic carbocycles. The number of imide groups is 1. The van der Waals surface area contributed by atoms with Crippen molar-refractivity contribution in [2.45, 2.75) is 76.6 Å². The van der Waals surface area contributed by atoms with E-state index in [1.54, 1.807) is 21.9 Å². The van der Waals surface area contributed by atoms with Gasteiger partial charge in [0.15, 0.2) is 11.5 Å². The molecule has 0 spiro atoms. The predicted octanol–water partition coefficient (Wildman–Crippen LogP) is 4.44. The van der Waals surface area contributed by atoms with Gasteiger partial charge in [0.1, 0.15) is 11.4 Å². The average Bonchev–Trinajstić information content (AvgIpc) is 3.90. The molecule has 2 fully saturated rings. The Hall–Kier alpha value is -6.39. The van der Waals surface area contributed by atoms with Crippen molar-refractivity contribution in [1.29, 1.82) is 0 Å². The van der Waals surface area contributed by atoms with Gasteiger partial charge in [-0.05, 0) is 86.7 Å². The number of aliphatic hydroxyl groups is 1. The fraction of sp³-hybridized carbons (Fsp3) is 0.400. The predicted molar refractivity (Wildman–Crippen MR) is 232 cm³/mol. The number of hydrogen-bond acceptors (Lipinski definition) is 12. The highest BCUT2D eigenvalue weighted by atomic mass is 16.3. The van der Waals surface area contributed by atoms with Crippen molar-refractivity contribution in [1.82, 2.24) is 39.4 Å². The maximum Gasteiger partial charge on any atom is 0.278 e. The van der Waals surface area contributed by atoms with Gasteiger partial charge in [0, 0.05) is 80.1 Å². The second kappa shape index (κ2) is 17.3. The number of fused-ring (bicyclic) bond motifs is 3. The summed E-state index contributed by atoms with van der Waals surface area (Å²) in [7, 11) is 0. The Balaban J connectivity index is 0.724. The first-order valence-corrected chi connectivity index (χ1v) is 21.4. The molecule has 4 aliphatic rings. The number of piperidine rings is 1. The lowest BCUT2D eigenvalue weighted by atomic mass is 10.0. The van der Waals surface area contributed by atoms with Crippen LogP contribution < -0.4 is 26.4 Å². The number of carbonyl (C=O) groups is 3. The van der Waals surface area contributed by atoms with Crippen LogP contribution in [0, 0.1) is 0 Å². The number of aromatic nitrogens is 5. The third kappa shape index (κ3) is 8.12. The second-order valence-electron chi connectivity index (χ2n) is 16.3. The Morgan fingerprint density at radius 1 is 0.902 bits per heavy atom. The van der Waals surface area contributed by atoms with E-state index >= 15 is 0 Å². The fourth-order valence-electron chi connectivity index (χ4n) is 9.05. The number of anilines is 4. The van der Waals surface area contributed by atoms with Crippen LogP contribution in [0.4, 0.5) is 23.0 Å². The second-order valence-corrected chi connectivity index (χ2v) is 16.3. The van der Waals surface area contributed by atoms with E-state index in [9.17, 15) is 24.3 Å². The third-order valence-electron chi connectivity index (χ3n) is 12.4. The Morgan fingerprint density at radius 2 is 1.72 bits per heavy atom. The minimum Gasteiger partial charge on any atom is -0.387 e. The van der Waals surface area contributed by atoms with E-state index in [4.69, 9.17) is 9.97 Å². The van der Waals surface area contributed by atoms with Crippen LogP contribution in [0.15, 0.2) is 78.2 Å². The molecule has 2 atom stereocenters. The number of allylic oxidation sites excluding steroid dienone is 1. The van der Waals surface area contributed by atoms with Gasteiger partial charge in [-0.1, -0.05) is 31.1 Å². The summed E-state index contributed by atoms with van der Waals surface area (Å²) >= 11 is 0. The molecule has 3 aliphatic heterocycles. The number of unbranched alkanes of at least 4 members (excludes halogenated alkanes) is 3. The fourth-order valence-corrected chi connectivity index (χ4v) is 9.05. The van der Waals surface area contributed by atoms with Crippen LogP contribution in [0.3, 0.4) is 0 Å². The normalized spacial score (nSPS) is 19.0. The van der Waals surface area contributed by atoms with Crippen LogP contribution in [-0.4, -0.2) is 102 Å². The molecule has 4 N–H and O–H groups in total. The lowest BCUT2D eigenvalue weighted by molar-refractivity contribution is -0.136. The highest BCUT2D eigenvalue weighted by Crippen LogP contribution is 2.33. The quantitative estimate of drug-likeness (QED) is 0.0663.